The van der Waals surface area contributed by atoms with Gasteiger partial charge < -0.3 is 4.90 Å². The lowest BCUT2D eigenvalue weighted by atomic mass is 9.99. The van der Waals surface area contributed by atoms with Crippen molar-refractivity contribution in [3.05, 3.63) is 64.4 Å². The van der Waals surface area contributed by atoms with E-state index in [1.165, 1.54) is 6.07 Å². The summed E-state index contributed by atoms with van der Waals surface area (Å²) in [6, 6.07) is 12.2. The summed E-state index contributed by atoms with van der Waals surface area (Å²) in [7, 11) is 0. The molecule has 0 bridgehead atoms. The van der Waals surface area contributed by atoms with E-state index in [2.05, 4.69) is 36.0 Å². The molecule has 4 nitrogen and oxygen atoms in total. The Bertz CT molecular complexity index is 938. The highest BCUT2D eigenvalue weighted by Gasteiger charge is 2.28. The molecular weight excluding hydrogens is 407 g/mol. The second-order valence-electron chi connectivity index (χ2n) is 5.71. The Morgan fingerprint density at radius 1 is 1.12 bits per heavy atom. The predicted molar refractivity (Wildman–Crippen MR) is 104 cm³/mol. The summed E-state index contributed by atoms with van der Waals surface area (Å²) in [6.07, 6.45) is 0. The van der Waals surface area contributed by atoms with Gasteiger partial charge in [0, 0.05) is 21.5 Å². The van der Waals surface area contributed by atoms with Crippen LogP contribution in [-0.2, 0) is 0 Å². The smallest absolute Gasteiger partial charge is 0.154 e. The maximum Gasteiger partial charge on any atom is 0.154 e. The number of fused-ring (bicyclic) bond motifs is 3. The van der Waals surface area contributed by atoms with Gasteiger partial charge in [0.25, 0.3) is 0 Å². The minimum absolute atomic E-state index is 0.314. The highest BCUT2D eigenvalue weighted by Crippen LogP contribution is 2.31. The van der Waals surface area contributed by atoms with Crippen LogP contribution in [-0.4, -0.2) is 35.7 Å². The van der Waals surface area contributed by atoms with Crippen LogP contribution in [0, 0.1) is 5.82 Å². The standard InChI is InChI=1S/C18H13BrClFN4/c19-8-12-10-25-16-6-5-11(20)7-14(16)18(22-9-17(25)24-23-12)13-3-1-2-4-15(13)21/h1-7H,8-10H2. The summed E-state index contributed by atoms with van der Waals surface area (Å²) >= 11 is 9.66. The van der Waals surface area contributed by atoms with E-state index in [0.717, 1.165) is 22.8 Å². The zero-order chi connectivity index (χ0) is 17.4. The van der Waals surface area contributed by atoms with E-state index in [0.29, 0.717) is 34.7 Å². The first kappa shape index (κ1) is 16.4. The number of anilines is 1. The van der Waals surface area contributed by atoms with Gasteiger partial charge in [0.15, 0.2) is 5.84 Å². The third kappa shape index (κ3) is 3.00. The Balaban J connectivity index is 1.91. The van der Waals surface area contributed by atoms with Gasteiger partial charge in [-0.15, -0.1) is 5.10 Å². The molecule has 0 spiro atoms. The lowest BCUT2D eigenvalue weighted by Gasteiger charge is -2.28. The molecule has 0 atom stereocenters. The maximum absolute atomic E-state index is 14.4. The van der Waals surface area contributed by atoms with Crippen LogP contribution in [0.4, 0.5) is 10.1 Å². The number of halogens is 3. The van der Waals surface area contributed by atoms with Crippen molar-refractivity contribution in [3.8, 4) is 0 Å². The molecule has 4 rings (SSSR count). The fraction of sp³-hybridized carbons (Fsp3) is 0.167. The summed E-state index contributed by atoms with van der Waals surface area (Å²) in [5.74, 6) is 0.422. The zero-order valence-electron chi connectivity index (χ0n) is 13.1. The molecule has 0 radical (unpaired) electrons. The monoisotopic (exact) mass is 418 g/mol. The van der Waals surface area contributed by atoms with Crippen molar-refractivity contribution in [2.75, 3.05) is 23.3 Å². The largest absolute Gasteiger partial charge is 0.320 e. The molecular formula is C18H13BrClFN4. The summed E-state index contributed by atoms with van der Waals surface area (Å²) in [6.45, 7) is 0.938. The predicted octanol–water partition coefficient (Wildman–Crippen LogP) is 4.30. The second kappa shape index (κ2) is 6.69. The minimum atomic E-state index is -0.314. The van der Waals surface area contributed by atoms with E-state index in [4.69, 9.17) is 11.6 Å². The zero-order valence-corrected chi connectivity index (χ0v) is 15.4. The molecule has 25 heavy (non-hydrogen) atoms. The number of rotatable bonds is 2. The number of alkyl halides is 1. The number of hydrogen-bond acceptors (Lipinski definition) is 4. The number of aliphatic imine (C=N–C) groups is 1. The van der Waals surface area contributed by atoms with Crippen LogP contribution in [0.25, 0.3) is 0 Å². The molecule has 2 aromatic carbocycles. The van der Waals surface area contributed by atoms with Crippen molar-refractivity contribution in [1.82, 2.24) is 0 Å². The molecule has 7 heteroatoms. The average Bonchev–Trinajstić information content (AvgIpc) is 2.78. The Kier molecular flexibility index (Phi) is 4.39. The Morgan fingerprint density at radius 2 is 1.96 bits per heavy atom. The third-order valence-electron chi connectivity index (χ3n) is 4.13. The number of nitrogens with zero attached hydrogens (tertiary/aromatic N) is 4. The van der Waals surface area contributed by atoms with E-state index in [1.54, 1.807) is 18.2 Å². The molecule has 0 N–H and O–H groups in total. The van der Waals surface area contributed by atoms with Gasteiger partial charge in [-0.25, -0.2) is 4.39 Å². The molecule has 0 aromatic heterocycles. The lowest BCUT2D eigenvalue weighted by molar-refractivity contribution is 0.625. The Morgan fingerprint density at radius 3 is 2.76 bits per heavy atom. The first-order valence-electron chi connectivity index (χ1n) is 7.72. The third-order valence-corrected chi connectivity index (χ3v) is 5.01. The average molecular weight is 420 g/mol. The van der Waals surface area contributed by atoms with Crippen molar-refractivity contribution < 1.29 is 4.39 Å². The van der Waals surface area contributed by atoms with Gasteiger partial charge in [-0.2, -0.15) is 5.10 Å². The fourth-order valence-electron chi connectivity index (χ4n) is 2.95. The molecule has 0 fully saturated rings. The molecule has 2 aromatic rings. The minimum Gasteiger partial charge on any atom is -0.320 e. The molecule has 0 saturated carbocycles. The molecule has 0 saturated heterocycles. The van der Waals surface area contributed by atoms with E-state index in [9.17, 15) is 4.39 Å². The normalized spacial score (nSPS) is 16.3. The van der Waals surface area contributed by atoms with Crippen LogP contribution in [0.2, 0.25) is 5.02 Å². The van der Waals surface area contributed by atoms with Gasteiger partial charge in [0.1, 0.15) is 5.82 Å². The molecule has 2 aliphatic heterocycles. The van der Waals surface area contributed by atoms with Gasteiger partial charge in [-0.1, -0.05) is 39.7 Å². The number of benzene rings is 2. The summed E-state index contributed by atoms with van der Waals surface area (Å²) in [5.41, 5.74) is 3.63. The van der Waals surface area contributed by atoms with Crippen molar-refractivity contribution in [3.63, 3.8) is 0 Å². The van der Waals surface area contributed by atoms with Crippen LogP contribution < -0.4 is 4.90 Å². The number of hydrogen-bond donors (Lipinski definition) is 0. The van der Waals surface area contributed by atoms with Gasteiger partial charge in [0.05, 0.1) is 30.2 Å². The van der Waals surface area contributed by atoms with E-state index >= 15 is 0 Å². The van der Waals surface area contributed by atoms with Crippen molar-refractivity contribution in [2.24, 2.45) is 15.2 Å². The second-order valence-corrected chi connectivity index (χ2v) is 6.71. The summed E-state index contributed by atoms with van der Waals surface area (Å²) < 4.78 is 14.4. The van der Waals surface area contributed by atoms with Gasteiger partial charge in [0.2, 0.25) is 0 Å². The molecule has 0 unspecified atom stereocenters. The molecule has 0 aliphatic carbocycles. The topological polar surface area (TPSA) is 40.3 Å². The SMILES string of the molecule is Fc1ccccc1C1=NCC2=NN=C(CBr)CN2c2ccc(Cl)cc21. The van der Waals surface area contributed by atoms with E-state index < -0.39 is 0 Å². The van der Waals surface area contributed by atoms with Crippen molar-refractivity contribution in [2.45, 2.75) is 0 Å². The van der Waals surface area contributed by atoms with Gasteiger partial charge in [-0.3, -0.25) is 4.99 Å². The Hall–Kier alpha value is -2.05. The van der Waals surface area contributed by atoms with E-state index in [-0.39, 0.29) is 5.82 Å². The fourth-order valence-corrected chi connectivity index (χ4v) is 3.41. The summed E-state index contributed by atoms with van der Waals surface area (Å²) in [4.78, 5) is 6.70. The van der Waals surface area contributed by atoms with Crippen LogP contribution in [0.3, 0.4) is 0 Å². The van der Waals surface area contributed by atoms with Crippen LogP contribution in [0.5, 0.6) is 0 Å². The first-order valence-corrected chi connectivity index (χ1v) is 9.22. The molecule has 2 aliphatic rings. The van der Waals surface area contributed by atoms with Gasteiger partial charge in [-0.05, 0) is 30.3 Å². The highest BCUT2D eigenvalue weighted by molar-refractivity contribution is 9.09. The van der Waals surface area contributed by atoms with Gasteiger partial charge >= 0.3 is 0 Å². The number of amidine groups is 1. The van der Waals surface area contributed by atoms with Crippen LogP contribution in [0.1, 0.15) is 11.1 Å². The molecule has 126 valence electrons. The van der Waals surface area contributed by atoms with Crippen molar-refractivity contribution >= 4 is 50.5 Å². The van der Waals surface area contributed by atoms with Crippen LogP contribution >= 0.6 is 27.5 Å². The summed E-state index contributed by atoms with van der Waals surface area (Å²) in [5, 5.41) is 9.75. The van der Waals surface area contributed by atoms with E-state index in [1.807, 2.05) is 18.2 Å². The molecule has 0 amide bonds. The van der Waals surface area contributed by atoms with Crippen molar-refractivity contribution in [1.29, 1.82) is 0 Å². The highest BCUT2D eigenvalue weighted by atomic mass is 79.9. The quantitative estimate of drug-likeness (QED) is 0.669. The first-order chi connectivity index (χ1) is 12.2. The Labute approximate surface area is 157 Å². The van der Waals surface area contributed by atoms with Crippen LogP contribution in [0.15, 0.2) is 57.7 Å². The maximum atomic E-state index is 14.4. The molecule has 2 heterocycles. The lowest BCUT2D eigenvalue weighted by Crippen LogP contribution is -2.40.